The molecule has 90 valence electrons. The molecule has 0 aliphatic heterocycles. The van der Waals surface area contributed by atoms with E-state index in [1.807, 2.05) is 12.1 Å². The smallest absolute Gasteiger partial charge is 0.128 e. The molecule has 1 aromatic heterocycles. The first-order valence-corrected chi connectivity index (χ1v) is 5.93. The van der Waals surface area contributed by atoms with Crippen LogP contribution in [0.2, 0.25) is 0 Å². The van der Waals surface area contributed by atoms with Crippen molar-refractivity contribution in [3.8, 4) is 0 Å². The standard InChI is InChI=1S/C13H22N2O/c1-5-6-10(2)15(4)13-8-7-12(9-14-13)11(3)16/h7-11,16H,5-6H2,1-4H3/t10?,11-/m0/s1. The summed E-state index contributed by atoms with van der Waals surface area (Å²) in [6.07, 6.45) is 3.64. The first-order valence-electron chi connectivity index (χ1n) is 5.93. The summed E-state index contributed by atoms with van der Waals surface area (Å²) in [5.74, 6) is 0.963. The molecule has 0 spiro atoms. The van der Waals surface area contributed by atoms with Gasteiger partial charge in [-0.1, -0.05) is 19.4 Å². The minimum Gasteiger partial charge on any atom is -0.389 e. The van der Waals surface area contributed by atoms with Gasteiger partial charge in [0.05, 0.1) is 6.10 Å². The second kappa shape index (κ2) is 5.85. The molecule has 1 rings (SSSR count). The van der Waals surface area contributed by atoms with Gasteiger partial charge in [0, 0.05) is 19.3 Å². The summed E-state index contributed by atoms with van der Waals surface area (Å²) in [6, 6.07) is 4.39. The van der Waals surface area contributed by atoms with Gasteiger partial charge in [-0.05, 0) is 31.9 Å². The molecule has 2 atom stereocenters. The molecule has 0 radical (unpaired) electrons. The van der Waals surface area contributed by atoms with Gasteiger partial charge < -0.3 is 10.0 Å². The molecule has 0 amide bonds. The van der Waals surface area contributed by atoms with E-state index >= 15 is 0 Å². The average molecular weight is 222 g/mol. The van der Waals surface area contributed by atoms with Gasteiger partial charge in [0.1, 0.15) is 5.82 Å². The largest absolute Gasteiger partial charge is 0.389 e. The lowest BCUT2D eigenvalue weighted by atomic mass is 10.1. The van der Waals surface area contributed by atoms with Gasteiger partial charge in [-0.15, -0.1) is 0 Å². The van der Waals surface area contributed by atoms with Gasteiger partial charge in [-0.2, -0.15) is 0 Å². The van der Waals surface area contributed by atoms with Gasteiger partial charge in [-0.25, -0.2) is 4.98 Å². The van der Waals surface area contributed by atoms with Crippen LogP contribution in [0.1, 0.15) is 45.3 Å². The van der Waals surface area contributed by atoms with E-state index in [1.54, 1.807) is 13.1 Å². The molecule has 1 unspecified atom stereocenters. The van der Waals surface area contributed by atoms with Crippen LogP contribution < -0.4 is 4.90 Å². The Balaban J connectivity index is 2.73. The van der Waals surface area contributed by atoms with E-state index in [0.29, 0.717) is 6.04 Å². The molecule has 3 heteroatoms. The molecule has 1 heterocycles. The number of aromatic nitrogens is 1. The summed E-state index contributed by atoms with van der Waals surface area (Å²) in [6.45, 7) is 6.14. The molecular formula is C13H22N2O. The van der Waals surface area contributed by atoms with Crippen molar-refractivity contribution in [2.75, 3.05) is 11.9 Å². The fraction of sp³-hybridized carbons (Fsp3) is 0.615. The predicted octanol–water partition coefficient (Wildman–Crippen LogP) is 2.76. The van der Waals surface area contributed by atoms with E-state index < -0.39 is 6.10 Å². The maximum atomic E-state index is 9.39. The molecule has 0 aromatic carbocycles. The zero-order chi connectivity index (χ0) is 12.1. The topological polar surface area (TPSA) is 36.4 Å². The van der Waals surface area contributed by atoms with E-state index in [2.05, 4.69) is 30.8 Å². The first-order chi connectivity index (χ1) is 7.56. The van der Waals surface area contributed by atoms with Crippen molar-refractivity contribution in [3.63, 3.8) is 0 Å². The quantitative estimate of drug-likeness (QED) is 0.832. The highest BCUT2D eigenvalue weighted by molar-refractivity contribution is 5.39. The molecule has 0 aliphatic carbocycles. The van der Waals surface area contributed by atoms with E-state index in [9.17, 15) is 5.11 Å². The summed E-state index contributed by atoms with van der Waals surface area (Å²) in [5.41, 5.74) is 0.861. The molecule has 0 bridgehead atoms. The van der Waals surface area contributed by atoms with Crippen LogP contribution in [0.5, 0.6) is 0 Å². The van der Waals surface area contributed by atoms with Crippen LogP contribution in [0.3, 0.4) is 0 Å². The number of aliphatic hydroxyl groups is 1. The lowest BCUT2D eigenvalue weighted by Crippen LogP contribution is -2.29. The Morgan fingerprint density at radius 2 is 2.06 bits per heavy atom. The highest BCUT2D eigenvalue weighted by Gasteiger charge is 2.10. The first kappa shape index (κ1) is 13.0. The highest BCUT2D eigenvalue weighted by Crippen LogP contribution is 2.17. The Labute approximate surface area is 98.1 Å². The van der Waals surface area contributed by atoms with Crippen LogP contribution in [0.4, 0.5) is 5.82 Å². The second-order valence-electron chi connectivity index (χ2n) is 4.37. The fourth-order valence-electron chi connectivity index (χ4n) is 1.69. The third-order valence-electron chi connectivity index (χ3n) is 2.98. The SMILES string of the molecule is CCCC(C)N(C)c1ccc([C@H](C)O)cn1. The Morgan fingerprint density at radius 1 is 1.38 bits per heavy atom. The Morgan fingerprint density at radius 3 is 2.50 bits per heavy atom. The summed E-state index contributed by atoms with van der Waals surface area (Å²) in [5, 5.41) is 9.39. The molecule has 16 heavy (non-hydrogen) atoms. The van der Waals surface area contributed by atoms with Crippen molar-refractivity contribution in [2.45, 2.75) is 45.8 Å². The predicted molar refractivity (Wildman–Crippen MR) is 67.6 cm³/mol. The highest BCUT2D eigenvalue weighted by atomic mass is 16.3. The Hall–Kier alpha value is -1.09. The minimum atomic E-state index is -0.445. The average Bonchev–Trinajstić information content (AvgIpc) is 2.28. The van der Waals surface area contributed by atoms with Gasteiger partial charge >= 0.3 is 0 Å². The third kappa shape index (κ3) is 3.20. The van der Waals surface area contributed by atoms with Crippen molar-refractivity contribution >= 4 is 5.82 Å². The molecular weight excluding hydrogens is 200 g/mol. The van der Waals surface area contributed by atoms with Gasteiger partial charge in [0.25, 0.3) is 0 Å². The van der Waals surface area contributed by atoms with Crippen molar-refractivity contribution in [3.05, 3.63) is 23.9 Å². The Bertz CT molecular complexity index is 308. The van der Waals surface area contributed by atoms with E-state index in [1.165, 1.54) is 6.42 Å². The lowest BCUT2D eigenvalue weighted by molar-refractivity contribution is 0.199. The van der Waals surface area contributed by atoms with E-state index in [-0.39, 0.29) is 0 Å². The molecule has 0 saturated heterocycles. The number of hydrogen-bond donors (Lipinski definition) is 1. The lowest BCUT2D eigenvalue weighted by Gasteiger charge is -2.25. The van der Waals surface area contributed by atoms with Gasteiger partial charge in [0.2, 0.25) is 0 Å². The van der Waals surface area contributed by atoms with E-state index in [4.69, 9.17) is 0 Å². The van der Waals surface area contributed by atoms with Crippen LogP contribution in [0.15, 0.2) is 18.3 Å². The summed E-state index contributed by atoms with van der Waals surface area (Å²) < 4.78 is 0. The maximum Gasteiger partial charge on any atom is 0.128 e. The van der Waals surface area contributed by atoms with Crippen molar-refractivity contribution < 1.29 is 5.11 Å². The van der Waals surface area contributed by atoms with Crippen LogP contribution in [0.25, 0.3) is 0 Å². The number of pyridine rings is 1. The van der Waals surface area contributed by atoms with Gasteiger partial charge in [0.15, 0.2) is 0 Å². The van der Waals surface area contributed by atoms with Gasteiger partial charge in [-0.3, -0.25) is 0 Å². The monoisotopic (exact) mass is 222 g/mol. The number of anilines is 1. The molecule has 1 aromatic rings. The minimum absolute atomic E-state index is 0.445. The van der Waals surface area contributed by atoms with Crippen LogP contribution >= 0.6 is 0 Å². The van der Waals surface area contributed by atoms with Crippen molar-refractivity contribution in [1.82, 2.24) is 4.98 Å². The maximum absolute atomic E-state index is 9.39. The number of rotatable bonds is 5. The number of hydrogen-bond acceptors (Lipinski definition) is 3. The van der Waals surface area contributed by atoms with Crippen LogP contribution in [-0.4, -0.2) is 23.2 Å². The molecule has 0 fully saturated rings. The fourth-order valence-corrected chi connectivity index (χ4v) is 1.69. The zero-order valence-corrected chi connectivity index (χ0v) is 10.6. The molecule has 1 N–H and O–H groups in total. The summed E-state index contributed by atoms with van der Waals surface area (Å²) >= 11 is 0. The summed E-state index contributed by atoms with van der Waals surface area (Å²) in [4.78, 5) is 6.55. The number of aliphatic hydroxyl groups excluding tert-OH is 1. The summed E-state index contributed by atoms with van der Waals surface area (Å²) in [7, 11) is 2.06. The molecule has 3 nitrogen and oxygen atoms in total. The van der Waals surface area contributed by atoms with Crippen LogP contribution in [0, 0.1) is 0 Å². The zero-order valence-electron chi connectivity index (χ0n) is 10.6. The third-order valence-corrected chi connectivity index (χ3v) is 2.98. The molecule has 0 aliphatic rings. The normalized spacial score (nSPS) is 14.6. The van der Waals surface area contributed by atoms with Crippen molar-refractivity contribution in [2.24, 2.45) is 0 Å². The number of nitrogens with zero attached hydrogens (tertiary/aromatic N) is 2. The van der Waals surface area contributed by atoms with Crippen LogP contribution in [-0.2, 0) is 0 Å². The Kier molecular flexibility index (Phi) is 4.74. The van der Waals surface area contributed by atoms with E-state index in [0.717, 1.165) is 17.8 Å². The molecule has 0 saturated carbocycles. The van der Waals surface area contributed by atoms with Crippen molar-refractivity contribution in [1.29, 1.82) is 0 Å². The second-order valence-corrected chi connectivity index (χ2v) is 4.37.